The number of amides is 1. The predicted molar refractivity (Wildman–Crippen MR) is 85.6 cm³/mol. The molecule has 1 amide bonds. The average Bonchev–Trinajstić information content (AvgIpc) is 2.44. The molecule has 21 heavy (non-hydrogen) atoms. The van der Waals surface area contributed by atoms with E-state index < -0.39 is 0 Å². The molecule has 2 aromatic rings. The maximum atomic E-state index is 13.4. The zero-order valence-electron chi connectivity index (χ0n) is 11.6. The first-order valence-electron chi connectivity index (χ1n) is 6.56. The van der Waals surface area contributed by atoms with Crippen molar-refractivity contribution in [1.29, 1.82) is 0 Å². The first kappa shape index (κ1) is 15.7. The molecule has 0 aliphatic rings. The number of anilines is 1. The maximum Gasteiger partial charge on any atom is 0.238 e. The van der Waals surface area contributed by atoms with E-state index in [0.717, 1.165) is 15.7 Å². The highest BCUT2D eigenvalue weighted by atomic mass is 79.9. The van der Waals surface area contributed by atoms with E-state index in [1.165, 1.54) is 6.07 Å². The van der Waals surface area contributed by atoms with Crippen LogP contribution in [0.1, 0.15) is 11.1 Å². The lowest BCUT2D eigenvalue weighted by Gasteiger charge is -2.09. The molecule has 0 aromatic heterocycles. The van der Waals surface area contributed by atoms with Crippen LogP contribution in [0.3, 0.4) is 0 Å². The van der Waals surface area contributed by atoms with E-state index >= 15 is 0 Å². The topological polar surface area (TPSA) is 41.1 Å². The van der Waals surface area contributed by atoms with Crippen molar-refractivity contribution in [2.75, 3.05) is 11.9 Å². The molecule has 0 heterocycles. The lowest BCUT2D eigenvalue weighted by Crippen LogP contribution is -2.28. The summed E-state index contributed by atoms with van der Waals surface area (Å²) < 4.78 is 14.2. The first-order valence-corrected chi connectivity index (χ1v) is 7.35. The number of nitrogens with one attached hydrogen (secondary N) is 2. The second-order valence-corrected chi connectivity index (χ2v) is 5.58. The zero-order valence-corrected chi connectivity index (χ0v) is 13.2. The Morgan fingerprint density at radius 3 is 2.71 bits per heavy atom. The van der Waals surface area contributed by atoms with Gasteiger partial charge in [0, 0.05) is 16.6 Å². The van der Waals surface area contributed by atoms with Gasteiger partial charge < -0.3 is 10.6 Å². The van der Waals surface area contributed by atoms with Gasteiger partial charge in [0.1, 0.15) is 5.82 Å². The molecule has 0 atom stereocenters. The van der Waals surface area contributed by atoms with Gasteiger partial charge in [-0.3, -0.25) is 4.79 Å². The maximum absolute atomic E-state index is 13.4. The van der Waals surface area contributed by atoms with Crippen molar-refractivity contribution in [1.82, 2.24) is 5.32 Å². The summed E-state index contributed by atoms with van der Waals surface area (Å²) in [6.07, 6.45) is 0. The van der Waals surface area contributed by atoms with Crippen molar-refractivity contribution in [3.8, 4) is 0 Å². The average molecular weight is 351 g/mol. The third kappa shape index (κ3) is 4.65. The lowest BCUT2D eigenvalue weighted by atomic mass is 10.2. The standard InChI is InChI=1S/C16H16BrFN2O/c1-11-6-7-15(13(17)8-11)20-16(21)10-19-9-12-4-2-3-5-14(12)18/h2-8,19H,9-10H2,1H3,(H,20,21). The van der Waals surface area contributed by atoms with E-state index in [0.29, 0.717) is 12.1 Å². The van der Waals surface area contributed by atoms with E-state index in [2.05, 4.69) is 26.6 Å². The molecule has 0 aliphatic heterocycles. The van der Waals surface area contributed by atoms with Crippen LogP contribution in [0.4, 0.5) is 10.1 Å². The summed E-state index contributed by atoms with van der Waals surface area (Å²) in [5.41, 5.74) is 2.37. The molecule has 0 aliphatic carbocycles. The van der Waals surface area contributed by atoms with Crippen molar-refractivity contribution >= 4 is 27.5 Å². The predicted octanol–water partition coefficient (Wildman–Crippen LogP) is 3.62. The Bertz CT molecular complexity index is 646. The van der Waals surface area contributed by atoms with Gasteiger partial charge in [-0.2, -0.15) is 0 Å². The molecule has 2 N–H and O–H groups in total. The van der Waals surface area contributed by atoms with Gasteiger partial charge in [0.05, 0.1) is 12.2 Å². The molecule has 0 saturated heterocycles. The number of hydrogen-bond acceptors (Lipinski definition) is 2. The number of aryl methyl sites for hydroxylation is 1. The van der Waals surface area contributed by atoms with Gasteiger partial charge in [-0.05, 0) is 46.6 Å². The molecular weight excluding hydrogens is 335 g/mol. The molecule has 110 valence electrons. The molecule has 0 bridgehead atoms. The number of hydrogen-bond donors (Lipinski definition) is 2. The minimum Gasteiger partial charge on any atom is -0.324 e. The fraction of sp³-hybridized carbons (Fsp3) is 0.188. The quantitative estimate of drug-likeness (QED) is 0.864. The minimum absolute atomic E-state index is 0.120. The first-order chi connectivity index (χ1) is 10.1. The van der Waals surface area contributed by atoms with Gasteiger partial charge in [-0.1, -0.05) is 24.3 Å². The smallest absolute Gasteiger partial charge is 0.238 e. The number of halogens is 2. The summed E-state index contributed by atoms with van der Waals surface area (Å²) in [5, 5.41) is 5.72. The van der Waals surface area contributed by atoms with Crippen LogP contribution in [0.2, 0.25) is 0 Å². The van der Waals surface area contributed by atoms with Gasteiger partial charge in [0.2, 0.25) is 5.91 Å². The molecule has 2 rings (SSSR count). The molecule has 0 fully saturated rings. The van der Waals surface area contributed by atoms with Crippen LogP contribution in [-0.4, -0.2) is 12.5 Å². The lowest BCUT2D eigenvalue weighted by molar-refractivity contribution is -0.115. The molecule has 3 nitrogen and oxygen atoms in total. The van der Waals surface area contributed by atoms with Crippen LogP contribution in [0.15, 0.2) is 46.9 Å². The fourth-order valence-electron chi connectivity index (χ4n) is 1.87. The summed E-state index contributed by atoms with van der Waals surface area (Å²) >= 11 is 3.41. The Hall–Kier alpha value is -1.72. The Balaban J connectivity index is 1.84. The normalized spacial score (nSPS) is 10.4. The van der Waals surface area contributed by atoms with Crippen LogP contribution in [-0.2, 0) is 11.3 Å². The summed E-state index contributed by atoms with van der Waals surface area (Å²) in [4.78, 5) is 11.8. The molecule has 0 saturated carbocycles. The van der Waals surface area contributed by atoms with Crippen molar-refractivity contribution < 1.29 is 9.18 Å². The zero-order chi connectivity index (χ0) is 15.2. The summed E-state index contributed by atoms with van der Waals surface area (Å²) in [6.45, 7) is 2.41. The van der Waals surface area contributed by atoms with Crippen LogP contribution in [0.5, 0.6) is 0 Å². The van der Waals surface area contributed by atoms with E-state index in [9.17, 15) is 9.18 Å². The highest BCUT2D eigenvalue weighted by molar-refractivity contribution is 9.10. The van der Waals surface area contributed by atoms with Gasteiger partial charge >= 0.3 is 0 Å². The van der Waals surface area contributed by atoms with Crippen molar-refractivity contribution in [2.24, 2.45) is 0 Å². The highest BCUT2D eigenvalue weighted by Gasteiger charge is 2.06. The number of carbonyl (C=O) groups is 1. The van der Waals surface area contributed by atoms with E-state index in [4.69, 9.17) is 0 Å². The Morgan fingerprint density at radius 1 is 1.24 bits per heavy atom. The van der Waals surface area contributed by atoms with Crippen LogP contribution in [0, 0.1) is 12.7 Å². The Morgan fingerprint density at radius 2 is 2.00 bits per heavy atom. The van der Waals surface area contributed by atoms with E-state index in [-0.39, 0.29) is 18.3 Å². The van der Waals surface area contributed by atoms with Gasteiger partial charge in [-0.25, -0.2) is 4.39 Å². The highest BCUT2D eigenvalue weighted by Crippen LogP contribution is 2.23. The molecule has 5 heteroatoms. The second-order valence-electron chi connectivity index (χ2n) is 4.73. The Labute approximate surface area is 131 Å². The third-order valence-corrected chi connectivity index (χ3v) is 3.61. The molecule has 0 spiro atoms. The summed E-state index contributed by atoms with van der Waals surface area (Å²) in [5.74, 6) is -0.442. The number of carbonyl (C=O) groups excluding carboxylic acids is 1. The van der Waals surface area contributed by atoms with Crippen LogP contribution >= 0.6 is 15.9 Å². The number of benzene rings is 2. The van der Waals surface area contributed by atoms with Crippen molar-refractivity contribution in [3.05, 3.63) is 63.9 Å². The SMILES string of the molecule is Cc1ccc(NC(=O)CNCc2ccccc2F)c(Br)c1. The monoisotopic (exact) mass is 350 g/mol. The summed E-state index contributed by atoms with van der Waals surface area (Å²) in [7, 11) is 0. The van der Waals surface area contributed by atoms with E-state index in [1.54, 1.807) is 18.2 Å². The van der Waals surface area contributed by atoms with Gasteiger partial charge in [-0.15, -0.1) is 0 Å². The van der Waals surface area contributed by atoms with Gasteiger partial charge in [0.15, 0.2) is 0 Å². The third-order valence-electron chi connectivity index (χ3n) is 2.96. The minimum atomic E-state index is -0.272. The number of rotatable bonds is 5. The van der Waals surface area contributed by atoms with Crippen molar-refractivity contribution in [2.45, 2.75) is 13.5 Å². The Kier molecular flexibility index (Phi) is 5.47. The van der Waals surface area contributed by atoms with Gasteiger partial charge in [0.25, 0.3) is 0 Å². The molecule has 0 unspecified atom stereocenters. The van der Waals surface area contributed by atoms with E-state index in [1.807, 2.05) is 25.1 Å². The fourth-order valence-corrected chi connectivity index (χ4v) is 2.46. The molecular formula is C16H16BrFN2O. The van der Waals surface area contributed by atoms with Crippen molar-refractivity contribution in [3.63, 3.8) is 0 Å². The largest absolute Gasteiger partial charge is 0.324 e. The van der Waals surface area contributed by atoms with Crippen LogP contribution < -0.4 is 10.6 Å². The summed E-state index contributed by atoms with van der Waals surface area (Å²) in [6, 6.07) is 12.2. The second kappa shape index (κ2) is 7.33. The molecule has 2 aromatic carbocycles. The molecule has 0 radical (unpaired) electrons. The van der Waals surface area contributed by atoms with Crippen LogP contribution in [0.25, 0.3) is 0 Å².